The van der Waals surface area contributed by atoms with Crippen molar-refractivity contribution < 1.29 is 18.3 Å². The van der Waals surface area contributed by atoms with Crippen LogP contribution in [0.1, 0.15) is 12.5 Å². The van der Waals surface area contributed by atoms with E-state index in [1.807, 2.05) is 6.07 Å². The van der Waals surface area contributed by atoms with E-state index in [4.69, 9.17) is 4.74 Å². The molecule has 22 heavy (non-hydrogen) atoms. The monoisotopic (exact) mass is 305 g/mol. The molecule has 0 saturated heterocycles. The van der Waals surface area contributed by atoms with E-state index < -0.39 is 11.6 Å². The number of ether oxygens (including phenoxy) is 1. The van der Waals surface area contributed by atoms with E-state index >= 15 is 0 Å². The van der Waals surface area contributed by atoms with Gasteiger partial charge in [-0.05, 0) is 36.8 Å². The van der Waals surface area contributed by atoms with Gasteiger partial charge >= 0.3 is 0 Å². The summed E-state index contributed by atoms with van der Waals surface area (Å²) in [5, 5.41) is 0. The molecular formula is C17H17F2NO2. The molecule has 0 N–H and O–H groups in total. The first-order chi connectivity index (χ1) is 10.5. The molecular weight excluding hydrogens is 288 g/mol. The van der Waals surface area contributed by atoms with E-state index in [0.717, 1.165) is 17.7 Å². The van der Waals surface area contributed by atoms with Gasteiger partial charge in [-0.15, -0.1) is 0 Å². The SMILES string of the molecule is CCN(C(=O)Cc1cccc(OC)c1)c1ccc(F)c(F)c1. The highest BCUT2D eigenvalue weighted by Gasteiger charge is 2.16. The molecule has 0 aliphatic rings. The number of rotatable bonds is 5. The van der Waals surface area contributed by atoms with Crippen molar-refractivity contribution in [2.45, 2.75) is 13.3 Å². The van der Waals surface area contributed by atoms with Crippen LogP contribution in [0.2, 0.25) is 0 Å². The number of halogens is 2. The van der Waals surface area contributed by atoms with E-state index in [1.54, 1.807) is 32.2 Å². The van der Waals surface area contributed by atoms with Crippen LogP contribution in [0, 0.1) is 11.6 Å². The number of nitrogens with zero attached hydrogens (tertiary/aromatic N) is 1. The predicted octanol–water partition coefficient (Wildman–Crippen LogP) is 3.57. The van der Waals surface area contributed by atoms with E-state index in [9.17, 15) is 13.6 Å². The molecule has 0 spiro atoms. The molecule has 0 unspecified atom stereocenters. The van der Waals surface area contributed by atoms with Crippen molar-refractivity contribution in [3.63, 3.8) is 0 Å². The number of likely N-dealkylation sites (N-methyl/N-ethyl adjacent to an activating group) is 1. The number of hydrogen-bond acceptors (Lipinski definition) is 2. The van der Waals surface area contributed by atoms with Gasteiger partial charge in [-0.3, -0.25) is 4.79 Å². The number of methoxy groups -OCH3 is 1. The average molecular weight is 305 g/mol. The average Bonchev–Trinajstić information content (AvgIpc) is 2.51. The Morgan fingerprint density at radius 1 is 1.14 bits per heavy atom. The third-order valence-corrected chi connectivity index (χ3v) is 3.32. The van der Waals surface area contributed by atoms with Gasteiger partial charge in [0.15, 0.2) is 11.6 Å². The number of anilines is 1. The van der Waals surface area contributed by atoms with Gasteiger partial charge in [0.25, 0.3) is 0 Å². The highest BCUT2D eigenvalue weighted by Crippen LogP contribution is 2.20. The lowest BCUT2D eigenvalue weighted by molar-refractivity contribution is -0.117. The van der Waals surface area contributed by atoms with Gasteiger partial charge in [-0.25, -0.2) is 8.78 Å². The normalized spacial score (nSPS) is 10.4. The molecule has 116 valence electrons. The van der Waals surface area contributed by atoms with Crippen LogP contribution >= 0.6 is 0 Å². The summed E-state index contributed by atoms with van der Waals surface area (Å²) in [6, 6.07) is 10.6. The van der Waals surface area contributed by atoms with Gasteiger partial charge in [-0.2, -0.15) is 0 Å². The minimum absolute atomic E-state index is 0.157. The van der Waals surface area contributed by atoms with E-state index in [1.165, 1.54) is 11.0 Å². The standard InChI is InChI=1S/C17H17F2NO2/c1-3-20(13-7-8-15(18)16(19)11-13)17(21)10-12-5-4-6-14(9-12)22-2/h4-9,11H,3,10H2,1-2H3. The van der Waals surface area contributed by atoms with Crippen molar-refractivity contribution in [3.05, 3.63) is 59.7 Å². The summed E-state index contributed by atoms with van der Waals surface area (Å²) < 4.78 is 31.5. The summed E-state index contributed by atoms with van der Waals surface area (Å²) >= 11 is 0. The third kappa shape index (κ3) is 3.61. The summed E-state index contributed by atoms with van der Waals surface area (Å²) in [7, 11) is 1.56. The van der Waals surface area contributed by atoms with Crippen LogP contribution in [-0.2, 0) is 11.2 Å². The molecule has 0 atom stereocenters. The lowest BCUT2D eigenvalue weighted by Gasteiger charge is -2.21. The molecule has 1 amide bonds. The predicted molar refractivity (Wildman–Crippen MR) is 81.1 cm³/mol. The van der Waals surface area contributed by atoms with Crippen molar-refractivity contribution in [3.8, 4) is 5.75 Å². The van der Waals surface area contributed by atoms with Crippen LogP contribution in [-0.4, -0.2) is 19.6 Å². The summed E-state index contributed by atoms with van der Waals surface area (Å²) in [5.41, 5.74) is 1.14. The molecule has 5 heteroatoms. The van der Waals surface area contributed by atoms with Gasteiger partial charge in [0.05, 0.1) is 13.5 Å². The second-order valence-corrected chi connectivity index (χ2v) is 4.76. The van der Waals surface area contributed by atoms with E-state index in [2.05, 4.69) is 0 Å². The highest BCUT2D eigenvalue weighted by molar-refractivity contribution is 5.94. The molecule has 0 fully saturated rings. The molecule has 0 aliphatic carbocycles. The summed E-state index contributed by atoms with van der Waals surface area (Å²) in [5.74, 6) is -1.42. The Kier molecular flexibility index (Phi) is 5.09. The maximum Gasteiger partial charge on any atom is 0.231 e. The van der Waals surface area contributed by atoms with Crippen molar-refractivity contribution in [2.75, 3.05) is 18.6 Å². The van der Waals surface area contributed by atoms with Crippen LogP contribution in [0.4, 0.5) is 14.5 Å². The van der Waals surface area contributed by atoms with Gasteiger partial charge in [0, 0.05) is 18.3 Å². The number of amides is 1. The van der Waals surface area contributed by atoms with Gasteiger partial charge < -0.3 is 9.64 Å². The lowest BCUT2D eigenvalue weighted by atomic mass is 10.1. The molecule has 0 aromatic heterocycles. The van der Waals surface area contributed by atoms with Crippen molar-refractivity contribution in [2.24, 2.45) is 0 Å². The van der Waals surface area contributed by atoms with Crippen LogP contribution in [0.3, 0.4) is 0 Å². The largest absolute Gasteiger partial charge is 0.497 e. The zero-order valence-corrected chi connectivity index (χ0v) is 12.5. The zero-order chi connectivity index (χ0) is 16.1. The van der Waals surface area contributed by atoms with E-state index in [0.29, 0.717) is 18.0 Å². The fraction of sp³-hybridized carbons (Fsp3) is 0.235. The highest BCUT2D eigenvalue weighted by atomic mass is 19.2. The number of hydrogen-bond donors (Lipinski definition) is 0. The summed E-state index contributed by atoms with van der Waals surface area (Å²) in [4.78, 5) is 13.8. The maximum absolute atomic E-state index is 13.3. The smallest absolute Gasteiger partial charge is 0.231 e. The Morgan fingerprint density at radius 3 is 2.55 bits per heavy atom. The Labute approximate surface area is 128 Å². The van der Waals surface area contributed by atoms with Gasteiger partial charge in [0.2, 0.25) is 5.91 Å². The molecule has 0 aliphatic heterocycles. The van der Waals surface area contributed by atoms with Crippen LogP contribution in [0.25, 0.3) is 0 Å². The Balaban J connectivity index is 2.19. The first-order valence-corrected chi connectivity index (χ1v) is 6.93. The fourth-order valence-corrected chi connectivity index (χ4v) is 2.21. The fourth-order valence-electron chi connectivity index (χ4n) is 2.21. The number of carbonyl (C=O) groups excluding carboxylic acids is 1. The van der Waals surface area contributed by atoms with Crippen LogP contribution < -0.4 is 9.64 Å². The second-order valence-electron chi connectivity index (χ2n) is 4.76. The van der Waals surface area contributed by atoms with Gasteiger partial charge in [-0.1, -0.05) is 12.1 Å². The molecule has 2 aromatic rings. The zero-order valence-electron chi connectivity index (χ0n) is 12.5. The van der Waals surface area contributed by atoms with Crippen LogP contribution in [0.15, 0.2) is 42.5 Å². The third-order valence-electron chi connectivity index (χ3n) is 3.32. The Morgan fingerprint density at radius 2 is 1.91 bits per heavy atom. The van der Waals surface area contributed by atoms with Crippen LogP contribution in [0.5, 0.6) is 5.75 Å². The number of benzene rings is 2. The first-order valence-electron chi connectivity index (χ1n) is 6.93. The molecule has 2 rings (SSSR count). The molecule has 0 heterocycles. The Hall–Kier alpha value is -2.43. The molecule has 2 aromatic carbocycles. The maximum atomic E-state index is 13.3. The molecule has 0 bridgehead atoms. The summed E-state index contributed by atoms with van der Waals surface area (Å²) in [6.07, 6.45) is 0.157. The minimum Gasteiger partial charge on any atom is -0.497 e. The molecule has 0 saturated carbocycles. The molecule has 0 radical (unpaired) electrons. The van der Waals surface area contributed by atoms with Gasteiger partial charge in [0.1, 0.15) is 5.75 Å². The Bertz CT molecular complexity index is 673. The number of carbonyl (C=O) groups is 1. The van der Waals surface area contributed by atoms with Crippen molar-refractivity contribution in [1.82, 2.24) is 0 Å². The van der Waals surface area contributed by atoms with Crippen molar-refractivity contribution in [1.29, 1.82) is 0 Å². The molecule has 3 nitrogen and oxygen atoms in total. The quantitative estimate of drug-likeness (QED) is 0.845. The minimum atomic E-state index is -0.967. The first kappa shape index (κ1) is 15.9. The van der Waals surface area contributed by atoms with Crippen molar-refractivity contribution >= 4 is 11.6 Å². The lowest BCUT2D eigenvalue weighted by Crippen LogP contribution is -2.32. The topological polar surface area (TPSA) is 29.5 Å². The second kappa shape index (κ2) is 7.02. The summed E-state index contributed by atoms with van der Waals surface area (Å²) in [6.45, 7) is 2.15. The van der Waals surface area contributed by atoms with E-state index in [-0.39, 0.29) is 12.3 Å².